The number of rotatable bonds is 1. The predicted octanol–water partition coefficient (Wildman–Crippen LogP) is 3.55. The molecule has 0 aromatic rings. The zero-order valence-corrected chi connectivity index (χ0v) is 9.23. The first-order valence-electron chi connectivity index (χ1n) is 3.47. The average molecular weight is 195 g/mol. The maximum absolute atomic E-state index is 2.44. The second-order valence-electron chi connectivity index (χ2n) is 3.57. The monoisotopic (exact) mass is 194 g/mol. The van der Waals surface area contributed by atoms with Crippen LogP contribution in [-0.2, 0) is 16.6 Å². The Morgan fingerprint density at radius 2 is 1.90 bits per heavy atom. The van der Waals surface area contributed by atoms with Crippen LogP contribution in [0, 0.1) is 0 Å². The quantitative estimate of drug-likeness (QED) is 0.560. The van der Waals surface area contributed by atoms with Gasteiger partial charge in [-0.15, -0.1) is 12.4 Å². The molecule has 0 aromatic heterocycles. The van der Waals surface area contributed by atoms with Crippen molar-refractivity contribution in [2.24, 2.45) is 0 Å². The third-order valence-electron chi connectivity index (χ3n) is 1.73. The minimum absolute atomic E-state index is 0. The average Bonchev–Trinajstić information content (AvgIpc) is 2.08. The SMILES string of the molecule is Cl.[CH3][Ti]([CH3])([CH3])[C]1=CC=CC1. The van der Waals surface area contributed by atoms with Gasteiger partial charge in [0.25, 0.3) is 0 Å². The molecular weight excluding hydrogens is 179 g/mol. The maximum atomic E-state index is 2.44. The third kappa shape index (κ3) is 2.61. The van der Waals surface area contributed by atoms with Gasteiger partial charge in [0, 0.05) is 0 Å². The van der Waals surface area contributed by atoms with Crippen molar-refractivity contribution in [3.05, 3.63) is 22.1 Å². The molecule has 58 valence electrons. The summed E-state index contributed by atoms with van der Waals surface area (Å²) in [5, 5.41) is 7.33. The zero-order valence-electron chi connectivity index (χ0n) is 6.85. The normalized spacial score (nSPS) is 16.5. The van der Waals surface area contributed by atoms with E-state index in [4.69, 9.17) is 0 Å². The Balaban J connectivity index is 0.000000810. The van der Waals surface area contributed by atoms with Crippen LogP contribution in [0.5, 0.6) is 0 Å². The Kier molecular flexibility index (Phi) is 3.94. The molecule has 0 saturated heterocycles. The molecule has 0 atom stereocenters. The van der Waals surface area contributed by atoms with Crippen LogP contribution in [0.4, 0.5) is 0 Å². The van der Waals surface area contributed by atoms with E-state index in [1.54, 1.807) is 3.88 Å². The molecule has 0 unspecified atom stereocenters. The van der Waals surface area contributed by atoms with Gasteiger partial charge in [0.05, 0.1) is 0 Å². The molecule has 0 aliphatic heterocycles. The first kappa shape index (κ1) is 10.5. The van der Waals surface area contributed by atoms with Gasteiger partial charge in [-0.25, -0.2) is 0 Å². The molecule has 0 fully saturated rings. The van der Waals surface area contributed by atoms with E-state index in [2.05, 4.69) is 33.9 Å². The van der Waals surface area contributed by atoms with E-state index in [1.165, 1.54) is 6.42 Å². The van der Waals surface area contributed by atoms with Crippen molar-refractivity contribution in [2.75, 3.05) is 0 Å². The van der Waals surface area contributed by atoms with E-state index in [0.717, 1.165) is 0 Å². The van der Waals surface area contributed by atoms with Crippen LogP contribution in [0.1, 0.15) is 6.42 Å². The summed E-state index contributed by atoms with van der Waals surface area (Å²) in [6.45, 7) is 0. The Morgan fingerprint density at radius 3 is 2.10 bits per heavy atom. The minimum atomic E-state index is -1.38. The standard InChI is InChI=1S/C5H5.3CH3.ClH.Ti/c1-2-4-5-3-1;;;;;/h1-3H,4H2;3*1H3;1H;. The van der Waals surface area contributed by atoms with E-state index >= 15 is 0 Å². The van der Waals surface area contributed by atoms with Gasteiger partial charge in [-0.1, -0.05) is 0 Å². The van der Waals surface area contributed by atoms with Crippen LogP contribution in [0.3, 0.4) is 0 Å². The van der Waals surface area contributed by atoms with Crippen LogP contribution < -0.4 is 0 Å². The Morgan fingerprint density at radius 1 is 1.30 bits per heavy atom. The topological polar surface area (TPSA) is 0 Å². The second-order valence-corrected chi connectivity index (χ2v) is 11.6. The number of allylic oxidation sites excluding steroid dienone is 4. The molecule has 1 rings (SSSR count). The summed E-state index contributed by atoms with van der Waals surface area (Å²) >= 11 is -1.38. The molecule has 1 aliphatic carbocycles. The molecule has 0 N–H and O–H groups in total. The zero-order chi connectivity index (χ0) is 6.91. The first-order valence-corrected chi connectivity index (χ1v) is 8.93. The van der Waals surface area contributed by atoms with E-state index in [0.29, 0.717) is 0 Å². The van der Waals surface area contributed by atoms with Crippen molar-refractivity contribution in [3.63, 3.8) is 0 Å². The molecule has 0 saturated carbocycles. The summed E-state index contributed by atoms with van der Waals surface area (Å²) in [5.74, 6) is 0. The molecule has 0 aromatic carbocycles. The molecule has 0 radical (unpaired) electrons. The van der Waals surface area contributed by atoms with Gasteiger partial charge in [0.2, 0.25) is 0 Å². The van der Waals surface area contributed by atoms with Crippen molar-refractivity contribution in [2.45, 2.75) is 22.1 Å². The molecule has 2 heteroatoms. The van der Waals surface area contributed by atoms with Gasteiger partial charge in [-0.3, -0.25) is 0 Å². The van der Waals surface area contributed by atoms with Gasteiger partial charge in [0.1, 0.15) is 0 Å². The predicted molar refractivity (Wildman–Crippen MR) is 46.7 cm³/mol. The molecule has 0 nitrogen and oxygen atoms in total. The Bertz CT molecular complexity index is 163. The van der Waals surface area contributed by atoms with Crippen LogP contribution in [0.2, 0.25) is 15.7 Å². The van der Waals surface area contributed by atoms with Crippen LogP contribution in [0.25, 0.3) is 0 Å². The fraction of sp³-hybridized carbons (Fsp3) is 0.500. The fourth-order valence-electron chi connectivity index (χ4n) is 1.00. The first-order chi connectivity index (χ1) is 4.11. The summed E-state index contributed by atoms with van der Waals surface area (Å²) in [7, 11) is 0. The molecule has 10 heavy (non-hydrogen) atoms. The van der Waals surface area contributed by atoms with E-state index < -0.39 is 16.6 Å². The summed E-state index contributed by atoms with van der Waals surface area (Å²) in [6.07, 6.45) is 7.99. The van der Waals surface area contributed by atoms with Crippen molar-refractivity contribution in [1.29, 1.82) is 0 Å². The van der Waals surface area contributed by atoms with Gasteiger partial charge in [-0.05, 0) is 0 Å². The Labute approximate surface area is 73.2 Å². The molecule has 1 aliphatic rings. The molecule has 0 heterocycles. The van der Waals surface area contributed by atoms with E-state index in [1.807, 2.05) is 0 Å². The van der Waals surface area contributed by atoms with E-state index in [9.17, 15) is 0 Å². The summed E-state index contributed by atoms with van der Waals surface area (Å²) < 4.78 is 1.73. The number of hydrogen-bond donors (Lipinski definition) is 0. The molecule has 0 spiro atoms. The summed E-state index contributed by atoms with van der Waals surface area (Å²) in [6, 6.07) is 0. The van der Waals surface area contributed by atoms with Crippen LogP contribution >= 0.6 is 12.4 Å². The fourth-order valence-corrected chi connectivity index (χ4v) is 3.07. The number of hydrogen-bond acceptors (Lipinski definition) is 0. The van der Waals surface area contributed by atoms with Crippen LogP contribution in [0.15, 0.2) is 22.1 Å². The van der Waals surface area contributed by atoms with Gasteiger partial charge in [-0.2, -0.15) is 0 Å². The van der Waals surface area contributed by atoms with Gasteiger partial charge >= 0.3 is 60.8 Å². The summed E-state index contributed by atoms with van der Waals surface area (Å²) in [4.78, 5) is 0. The van der Waals surface area contributed by atoms with Gasteiger partial charge < -0.3 is 0 Å². The van der Waals surface area contributed by atoms with Crippen molar-refractivity contribution in [1.82, 2.24) is 0 Å². The van der Waals surface area contributed by atoms with Crippen molar-refractivity contribution in [3.8, 4) is 0 Å². The van der Waals surface area contributed by atoms with Crippen LogP contribution in [-0.4, -0.2) is 0 Å². The molecular formula is C8H15ClTi. The third-order valence-corrected chi connectivity index (χ3v) is 5.32. The summed E-state index contributed by atoms with van der Waals surface area (Å²) in [5.41, 5.74) is 0. The Hall–Kier alpha value is 0.484. The van der Waals surface area contributed by atoms with Gasteiger partial charge in [0.15, 0.2) is 0 Å². The molecule has 0 amide bonds. The van der Waals surface area contributed by atoms with E-state index in [-0.39, 0.29) is 12.4 Å². The van der Waals surface area contributed by atoms with Crippen molar-refractivity contribution < 1.29 is 16.6 Å². The van der Waals surface area contributed by atoms with Crippen molar-refractivity contribution >= 4 is 12.4 Å². The molecule has 0 bridgehead atoms. The second kappa shape index (κ2) is 3.75. The number of halogens is 1.